The van der Waals surface area contributed by atoms with Gasteiger partial charge in [-0.25, -0.2) is 0 Å². The summed E-state index contributed by atoms with van der Waals surface area (Å²) in [7, 11) is 0. The smallest absolute Gasteiger partial charge is 0.358 e. The third-order valence-electron chi connectivity index (χ3n) is 0. The topological polar surface area (TPSA) is 19.9 Å². The van der Waals surface area contributed by atoms with Crippen LogP contribution >= 0.6 is 0 Å². The van der Waals surface area contributed by atoms with Crippen molar-refractivity contribution in [3.8, 4) is 0 Å². The largest absolute Gasteiger partial charge is 2.00 e. The molecule has 1 nitrogen and oxygen atoms in total. The number of hydrogen-bond donors (Lipinski definition) is 0. The Bertz CT molecular complexity index is 11.6. The molecule has 0 aromatic heterocycles. The van der Waals surface area contributed by atoms with E-state index in [4.69, 9.17) is 4.65 Å². The molecule has 0 saturated heterocycles. The van der Waals surface area contributed by atoms with Crippen LogP contribution in [-0.2, 0) is 24.4 Å². The van der Waals surface area contributed by atoms with Gasteiger partial charge >= 0.3 is 31.1 Å². The van der Waals surface area contributed by atoms with Crippen LogP contribution in [0.3, 0.4) is 0 Å². The number of hydrogen-bond acceptors (Lipinski definition) is 0. The standard InChI is InChI=1S/CO.2CH3.Os/c1-2;;;/h;2*1H3;/q;2*-1;+2. The summed E-state index contributed by atoms with van der Waals surface area (Å²) in [5, 5.41) is 0. The fourth-order valence-corrected chi connectivity index (χ4v) is 0. The second kappa shape index (κ2) is 352. The molecule has 32 valence electrons. The minimum Gasteiger partial charge on any atom is -0.358 e. The maximum Gasteiger partial charge on any atom is 2.00 e. The molecule has 0 spiro atoms. The summed E-state index contributed by atoms with van der Waals surface area (Å²) in [5.41, 5.74) is 0. The predicted octanol–water partition coefficient (Wildman–Crippen LogP) is 0.861. The molecule has 0 aliphatic heterocycles. The van der Waals surface area contributed by atoms with E-state index < -0.39 is 0 Å². The first-order valence-electron chi connectivity index (χ1n) is 0.204. The van der Waals surface area contributed by atoms with Gasteiger partial charge in [0, 0.05) is 0 Å². The summed E-state index contributed by atoms with van der Waals surface area (Å²) in [6.07, 6.45) is 0. The summed E-state index contributed by atoms with van der Waals surface area (Å²) in [6, 6.07) is 0. The summed E-state index contributed by atoms with van der Waals surface area (Å²) >= 11 is 0. The molecule has 0 fully saturated rings. The molecule has 0 saturated carbocycles. The maximum atomic E-state index is 7.50. The number of rotatable bonds is 0. The van der Waals surface area contributed by atoms with Crippen molar-refractivity contribution in [3.05, 3.63) is 21.5 Å². The fourth-order valence-electron chi connectivity index (χ4n) is 0. The van der Waals surface area contributed by atoms with Crippen molar-refractivity contribution < 1.29 is 24.4 Å². The van der Waals surface area contributed by atoms with Gasteiger partial charge in [0.15, 0.2) is 0 Å². The quantitative estimate of drug-likeness (QED) is 0.448. The first kappa shape index (κ1) is 54.4. The molecular formula is C3H6OOs. The van der Waals surface area contributed by atoms with E-state index in [9.17, 15) is 0 Å². The van der Waals surface area contributed by atoms with Crippen molar-refractivity contribution in [3.63, 3.8) is 0 Å². The van der Waals surface area contributed by atoms with Crippen LogP contribution in [0, 0.1) is 21.5 Å². The SMILES string of the molecule is [C-]#[O+].[CH3-].[CH3-].[Os+2]. The molecule has 0 aliphatic rings. The molecule has 0 radical (unpaired) electrons. The molecule has 0 atom stereocenters. The van der Waals surface area contributed by atoms with E-state index >= 15 is 0 Å². The van der Waals surface area contributed by atoms with Crippen LogP contribution in [0.2, 0.25) is 0 Å². The Morgan fingerprint density at radius 1 is 1.00 bits per heavy atom. The van der Waals surface area contributed by atoms with Gasteiger partial charge in [0.1, 0.15) is 0 Å². The van der Waals surface area contributed by atoms with Gasteiger partial charge in [0.25, 0.3) is 0 Å². The van der Waals surface area contributed by atoms with Crippen molar-refractivity contribution >= 4 is 0 Å². The van der Waals surface area contributed by atoms with E-state index in [-0.39, 0.29) is 34.6 Å². The van der Waals surface area contributed by atoms with Crippen LogP contribution in [0.5, 0.6) is 0 Å². The zero-order chi connectivity index (χ0) is 2.00. The maximum absolute atomic E-state index is 7.50. The average Bonchev–Trinajstić information content (AvgIpc) is 1.00. The van der Waals surface area contributed by atoms with Crippen LogP contribution in [0.1, 0.15) is 0 Å². The van der Waals surface area contributed by atoms with Gasteiger partial charge in [-0.05, 0) is 0 Å². The zero-order valence-electron chi connectivity index (χ0n) is 3.26. The van der Waals surface area contributed by atoms with Crippen molar-refractivity contribution in [2.24, 2.45) is 0 Å². The van der Waals surface area contributed by atoms with Gasteiger partial charge in [-0.2, -0.15) is 0 Å². The summed E-state index contributed by atoms with van der Waals surface area (Å²) in [6.45, 7) is 4.50. The molecule has 2 heteroatoms. The Labute approximate surface area is 46.5 Å². The normalized spacial score (nSPS) is 0.400. The predicted molar refractivity (Wildman–Crippen MR) is 16.8 cm³/mol. The second-order valence-electron chi connectivity index (χ2n) is 0. The molecule has 5 heavy (non-hydrogen) atoms. The van der Waals surface area contributed by atoms with Crippen LogP contribution in [-0.4, -0.2) is 0 Å². The van der Waals surface area contributed by atoms with Crippen molar-refractivity contribution in [1.82, 2.24) is 0 Å². The first-order valence-corrected chi connectivity index (χ1v) is 0.204. The van der Waals surface area contributed by atoms with E-state index in [0.717, 1.165) is 0 Å². The van der Waals surface area contributed by atoms with Gasteiger partial charge in [-0.15, -0.1) is 0 Å². The van der Waals surface area contributed by atoms with Crippen LogP contribution in [0.15, 0.2) is 0 Å². The summed E-state index contributed by atoms with van der Waals surface area (Å²) in [4.78, 5) is 0. The van der Waals surface area contributed by atoms with E-state index in [2.05, 4.69) is 6.65 Å². The van der Waals surface area contributed by atoms with E-state index in [1.807, 2.05) is 0 Å². The minimum atomic E-state index is 0. The molecule has 0 aromatic rings. The van der Waals surface area contributed by atoms with Crippen molar-refractivity contribution in [2.45, 2.75) is 0 Å². The third kappa shape index (κ3) is 174. The third-order valence-corrected chi connectivity index (χ3v) is 0. The second-order valence-corrected chi connectivity index (χ2v) is 0. The minimum absolute atomic E-state index is 0. The molecule has 0 amide bonds. The van der Waals surface area contributed by atoms with Gasteiger partial charge in [0.05, 0.1) is 0 Å². The Hall–Kier alpha value is 0.376. The summed E-state index contributed by atoms with van der Waals surface area (Å²) < 4.78 is 7.50. The molecule has 0 bridgehead atoms. The Kier molecular flexibility index (Phi) is 3830. The van der Waals surface area contributed by atoms with Crippen molar-refractivity contribution in [1.29, 1.82) is 0 Å². The monoisotopic (exact) mass is 250 g/mol. The van der Waals surface area contributed by atoms with Gasteiger partial charge in [-0.1, -0.05) is 0 Å². The Morgan fingerprint density at radius 3 is 1.00 bits per heavy atom. The van der Waals surface area contributed by atoms with Crippen LogP contribution in [0.25, 0.3) is 0 Å². The van der Waals surface area contributed by atoms with Crippen LogP contribution in [0.4, 0.5) is 0 Å². The Balaban J connectivity index is -0.00000000167. The van der Waals surface area contributed by atoms with Crippen molar-refractivity contribution in [2.75, 3.05) is 0 Å². The van der Waals surface area contributed by atoms with E-state index in [1.54, 1.807) is 0 Å². The van der Waals surface area contributed by atoms with Gasteiger partial charge in [0.2, 0.25) is 0 Å². The van der Waals surface area contributed by atoms with Gasteiger partial charge in [-0.3, -0.25) is 0 Å². The zero-order valence-corrected chi connectivity index (χ0v) is 5.80. The molecule has 0 N–H and O–H groups in total. The van der Waals surface area contributed by atoms with Gasteiger partial charge < -0.3 is 14.9 Å². The molecular weight excluding hydrogens is 242 g/mol. The van der Waals surface area contributed by atoms with Crippen LogP contribution < -0.4 is 0 Å². The summed E-state index contributed by atoms with van der Waals surface area (Å²) in [5.74, 6) is 0. The van der Waals surface area contributed by atoms with E-state index in [0.29, 0.717) is 0 Å². The molecule has 0 unspecified atom stereocenters. The fraction of sp³-hybridized carbons (Fsp3) is 0. The Morgan fingerprint density at radius 2 is 1.00 bits per heavy atom. The average molecular weight is 248 g/mol. The molecule has 0 rings (SSSR count). The first-order chi connectivity index (χ1) is 1.00. The molecule has 0 aliphatic carbocycles. The van der Waals surface area contributed by atoms with E-state index in [1.165, 1.54) is 0 Å². The molecule has 0 heterocycles. The molecule has 0 aromatic carbocycles.